The lowest BCUT2D eigenvalue weighted by Gasteiger charge is -2.31. The third kappa shape index (κ3) is 7.81. The molecule has 1 saturated carbocycles. The summed E-state index contributed by atoms with van der Waals surface area (Å²) in [6, 6.07) is 12.7. The van der Waals surface area contributed by atoms with Crippen molar-refractivity contribution in [2.24, 2.45) is 5.92 Å². The molecule has 1 heterocycles. The number of benzene rings is 2. The van der Waals surface area contributed by atoms with Crippen LogP contribution in [0.1, 0.15) is 49.8 Å². The monoisotopic (exact) mass is 552 g/mol. The SMILES string of the molecule is C[C@@H]1CN[C@@H](C2CC2)C(=O)N(C)[C@H](C)C(=O)N[C@H](Cc2ccc(CF)cc2)C(=O)NCCCc2ccccc2O1. The van der Waals surface area contributed by atoms with Gasteiger partial charge in [0, 0.05) is 26.6 Å². The topological polar surface area (TPSA) is 99.8 Å². The van der Waals surface area contributed by atoms with Crippen molar-refractivity contribution in [2.75, 3.05) is 20.1 Å². The van der Waals surface area contributed by atoms with Crippen LogP contribution in [0.2, 0.25) is 0 Å². The molecule has 0 saturated heterocycles. The van der Waals surface area contributed by atoms with Gasteiger partial charge in [-0.15, -0.1) is 0 Å². The fraction of sp³-hybridized carbons (Fsp3) is 0.516. The number of rotatable bonds is 4. The predicted molar refractivity (Wildman–Crippen MR) is 151 cm³/mol. The number of nitrogens with one attached hydrogen (secondary N) is 3. The number of nitrogens with zero attached hydrogens (tertiary/aromatic N) is 1. The summed E-state index contributed by atoms with van der Waals surface area (Å²) in [5.74, 6) is 0.160. The average Bonchev–Trinajstić information content (AvgIpc) is 3.80. The van der Waals surface area contributed by atoms with Gasteiger partial charge in [0.15, 0.2) is 0 Å². The number of carbonyl (C=O) groups is 3. The molecule has 40 heavy (non-hydrogen) atoms. The first-order valence-corrected chi connectivity index (χ1v) is 14.2. The van der Waals surface area contributed by atoms with E-state index in [-0.39, 0.29) is 30.3 Å². The number of alkyl halides is 1. The van der Waals surface area contributed by atoms with Crippen molar-refractivity contribution in [2.45, 2.75) is 76.9 Å². The second kappa shape index (κ2) is 13.7. The Kier molecular flexibility index (Phi) is 10.1. The largest absolute Gasteiger partial charge is 0.489 e. The van der Waals surface area contributed by atoms with E-state index in [1.54, 1.807) is 38.2 Å². The van der Waals surface area contributed by atoms with Gasteiger partial charge >= 0.3 is 0 Å². The van der Waals surface area contributed by atoms with Crippen LogP contribution in [0.25, 0.3) is 0 Å². The van der Waals surface area contributed by atoms with Gasteiger partial charge in [0.05, 0.1) is 6.04 Å². The molecule has 0 bridgehead atoms. The zero-order chi connectivity index (χ0) is 28.6. The Balaban J connectivity index is 1.56. The van der Waals surface area contributed by atoms with Crippen molar-refractivity contribution in [3.8, 4) is 5.75 Å². The first kappa shape index (κ1) is 29.5. The molecule has 2 aromatic carbocycles. The molecule has 2 aromatic rings. The van der Waals surface area contributed by atoms with Crippen LogP contribution in [0.15, 0.2) is 48.5 Å². The highest BCUT2D eigenvalue weighted by Gasteiger charge is 2.39. The van der Waals surface area contributed by atoms with Crippen LogP contribution in [0.5, 0.6) is 5.75 Å². The summed E-state index contributed by atoms with van der Waals surface area (Å²) in [5.41, 5.74) is 2.40. The van der Waals surface area contributed by atoms with Gasteiger partial charge in [-0.2, -0.15) is 0 Å². The van der Waals surface area contributed by atoms with Gasteiger partial charge in [0.2, 0.25) is 17.7 Å². The van der Waals surface area contributed by atoms with E-state index in [1.807, 2.05) is 31.2 Å². The zero-order valence-electron chi connectivity index (χ0n) is 23.6. The van der Waals surface area contributed by atoms with Gasteiger partial charge in [0.25, 0.3) is 0 Å². The van der Waals surface area contributed by atoms with E-state index >= 15 is 0 Å². The standard InChI is InChI=1S/C31H41FN4O4/c1-20-19-34-28(25-14-15-25)31(39)36(3)21(2)29(37)35-26(17-22-10-12-23(18-32)13-11-22)30(38)33-16-6-8-24-7-4-5-9-27(24)40-20/h4-5,7,9-13,20-21,25-26,28,34H,6,8,14-19H2,1-3H3,(H,33,38)(H,35,37)/t20-,21-,26-,28+/m1/s1. The average molecular weight is 553 g/mol. The van der Waals surface area contributed by atoms with E-state index in [1.165, 1.54) is 4.90 Å². The van der Waals surface area contributed by atoms with Gasteiger partial charge in [0.1, 0.15) is 30.6 Å². The Bertz CT molecular complexity index is 1170. The number of halogens is 1. The Labute approximate surface area is 236 Å². The number of hydrogen-bond acceptors (Lipinski definition) is 5. The summed E-state index contributed by atoms with van der Waals surface area (Å²) in [5, 5.41) is 9.23. The summed E-state index contributed by atoms with van der Waals surface area (Å²) in [6.07, 6.45) is 3.40. The minimum Gasteiger partial charge on any atom is -0.489 e. The van der Waals surface area contributed by atoms with Crippen molar-refractivity contribution in [1.29, 1.82) is 0 Å². The van der Waals surface area contributed by atoms with Crippen molar-refractivity contribution < 1.29 is 23.5 Å². The molecular formula is C31H41FN4O4. The molecule has 1 fully saturated rings. The summed E-state index contributed by atoms with van der Waals surface area (Å²) in [7, 11) is 1.63. The summed E-state index contributed by atoms with van der Waals surface area (Å²) in [6.45, 7) is 4.00. The van der Waals surface area contributed by atoms with Crippen LogP contribution in [0.3, 0.4) is 0 Å². The number of amides is 3. The molecule has 0 unspecified atom stereocenters. The molecule has 0 radical (unpaired) electrons. The van der Waals surface area contributed by atoms with Crippen LogP contribution >= 0.6 is 0 Å². The van der Waals surface area contributed by atoms with Gasteiger partial charge in [-0.05, 0) is 68.2 Å². The molecule has 8 nitrogen and oxygen atoms in total. The molecule has 1 aliphatic heterocycles. The number of carbonyl (C=O) groups excluding carboxylic acids is 3. The first-order valence-electron chi connectivity index (χ1n) is 14.2. The number of aryl methyl sites for hydroxylation is 1. The normalized spacial score (nSPS) is 25.6. The van der Waals surface area contributed by atoms with Crippen molar-refractivity contribution in [3.63, 3.8) is 0 Å². The number of ether oxygens (including phenoxy) is 1. The smallest absolute Gasteiger partial charge is 0.243 e. The highest BCUT2D eigenvalue weighted by molar-refractivity contribution is 5.93. The van der Waals surface area contributed by atoms with Crippen molar-refractivity contribution in [3.05, 3.63) is 65.2 Å². The summed E-state index contributed by atoms with van der Waals surface area (Å²) < 4.78 is 19.2. The molecule has 0 aromatic heterocycles. The fourth-order valence-corrected chi connectivity index (χ4v) is 4.96. The number of hydrogen-bond donors (Lipinski definition) is 3. The highest BCUT2D eigenvalue weighted by atomic mass is 19.1. The molecule has 4 rings (SSSR count). The Morgan fingerprint density at radius 1 is 0.975 bits per heavy atom. The predicted octanol–water partition coefficient (Wildman–Crippen LogP) is 2.93. The van der Waals surface area contributed by atoms with Gasteiger partial charge in [-0.25, -0.2) is 4.39 Å². The van der Waals surface area contributed by atoms with E-state index in [4.69, 9.17) is 4.74 Å². The molecule has 1 aliphatic carbocycles. The number of fused-ring (bicyclic) bond motifs is 1. The lowest BCUT2D eigenvalue weighted by atomic mass is 10.0. The van der Waals surface area contributed by atoms with E-state index in [9.17, 15) is 18.8 Å². The van der Waals surface area contributed by atoms with Crippen molar-refractivity contribution >= 4 is 17.7 Å². The van der Waals surface area contributed by atoms with Gasteiger partial charge < -0.3 is 25.6 Å². The maximum Gasteiger partial charge on any atom is 0.243 e. The second-order valence-corrected chi connectivity index (χ2v) is 11.0. The molecule has 0 spiro atoms. The van der Waals surface area contributed by atoms with Crippen LogP contribution < -0.4 is 20.7 Å². The molecular weight excluding hydrogens is 511 g/mol. The van der Waals surface area contributed by atoms with Gasteiger partial charge in [-0.3, -0.25) is 14.4 Å². The van der Waals surface area contributed by atoms with E-state index in [2.05, 4.69) is 16.0 Å². The molecule has 2 aliphatic rings. The van der Waals surface area contributed by atoms with Crippen LogP contribution in [0.4, 0.5) is 4.39 Å². The summed E-state index contributed by atoms with van der Waals surface area (Å²) in [4.78, 5) is 41.6. The number of likely N-dealkylation sites (N-methyl/N-ethyl adjacent to an activating group) is 1. The highest BCUT2D eigenvalue weighted by Crippen LogP contribution is 2.33. The molecule has 4 atom stereocenters. The molecule has 216 valence electrons. The summed E-state index contributed by atoms with van der Waals surface area (Å²) >= 11 is 0. The first-order chi connectivity index (χ1) is 19.3. The van der Waals surface area contributed by atoms with E-state index in [0.717, 1.165) is 29.7 Å². The Morgan fingerprint density at radius 2 is 1.68 bits per heavy atom. The zero-order valence-corrected chi connectivity index (χ0v) is 23.6. The Hall–Kier alpha value is -3.46. The third-order valence-corrected chi connectivity index (χ3v) is 7.77. The second-order valence-electron chi connectivity index (χ2n) is 11.0. The lowest BCUT2D eigenvalue weighted by molar-refractivity contribution is -0.141. The third-order valence-electron chi connectivity index (χ3n) is 7.77. The molecule has 3 N–H and O–H groups in total. The fourth-order valence-electron chi connectivity index (χ4n) is 4.96. The van der Waals surface area contributed by atoms with Crippen LogP contribution in [-0.4, -0.2) is 67.0 Å². The maximum atomic E-state index is 13.5. The van der Waals surface area contributed by atoms with E-state index in [0.29, 0.717) is 31.5 Å². The minimum atomic E-state index is -0.845. The Morgan fingerprint density at radius 3 is 2.38 bits per heavy atom. The molecule has 9 heteroatoms. The minimum absolute atomic E-state index is 0.151. The lowest BCUT2D eigenvalue weighted by Crippen LogP contribution is -2.57. The number of para-hydroxylation sites is 1. The van der Waals surface area contributed by atoms with Crippen molar-refractivity contribution in [1.82, 2.24) is 20.9 Å². The van der Waals surface area contributed by atoms with Gasteiger partial charge in [-0.1, -0.05) is 42.5 Å². The molecule has 3 amide bonds. The quantitative estimate of drug-likeness (QED) is 0.542. The van der Waals surface area contributed by atoms with Crippen LogP contribution in [0, 0.1) is 5.92 Å². The maximum absolute atomic E-state index is 13.5. The van der Waals surface area contributed by atoms with Crippen LogP contribution in [-0.2, 0) is 33.9 Å². The van der Waals surface area contributed by atoms with E-state index < -0.39 is 30.7 Å².